The molecule has 1 unspecified atom stereocenters. The van der Waals surface area contributed by atoms with Gasteiger partial charge in [0.2, 0.25) is 0 Å². The summed E-state index contributed by atoms with van der Waals surface area (Å²) in [6, 6.07) is 8.92. The Morgan fingerprint density at radius 3 is 2.76 bits per heavy atom. The van der Waals surface area contributed by atoms with Crippen molar-refractivity contribution >= 4 is 41.5 Å². The van der Waals surface area contributed by atoms with Gasteiger partial charge in [0.1, 0.15) is 0 Å². The highest BCUT2D eigenvalue weighted by atomic mass is 127. The van der Waals surface area contributed by atoms with Crippen LogP contribution in [0.5, 0.6) is 0 Å². The molecule has 3 rings (SSSR count). The van der Waals surface area contributed by atoms with E-state index in [0.29, 0.717) is 5.92 Å². The Morgan fingerprint density at radius 2 is 2.04 bits per heavy atom. The minimum atomic E-state index is 0. The van der Waals surface area contributed by atoms with E-state index in [1.807, 2.05) is 18.2 Å². The Morgan fingerprint density at radius 1 is 1.24 bits per heavy atom. The van der Waals surface area contributed by atoms with Gasteiger partial charge in [-0.2, -0.15) is 0 Å². The normalized spacial score (nSPS) is 21.0. The van der Waals surface area contributed by atoms with Crippen LogP contribution in [-0.2, 0) is 6.42 Å². The lowest BCUT2D eigenvalue weighted by Crippen LogP contribution is -2.38. The molecule has 25 heavy (non-hydrogen) atoms. The molecule has 0 spiro atoms. The summed E-state index contributed by atoms with van der Waals surface area (Å²) in [6.45, 7) is 7.25. The van der Waals surface area contributed by atoms with Crippen LogP contribution >= 0.6 is 35.6 Å². The van der Waals surface area contributed by atoms with Gasteiger partial charge in [-0.3, -0.25) is 4.99 Å². The molecule has 0 aromatic heterocycles. The van der Waals surface area contributed by atoms with Crippen LogP contribution in [0, 0.1) is 5.92 Å². The smallest absolute Gasteiger partial charge is 0.191 e. The van der Waals surface area contributed by atoms with Crippen LogP contribution < -0.4 is 10.6 Å². The van der Waals surface area contributed by atoms with Crippen LogP contribution in [-0.4, -0.2) is 49.6 Å². The maximum Gasteiger partial charge on any atom is 0.191 e. The van der Waals surface area contributed by atoms with Gasteiger partial charge in [0.15, 0.2) is 5.96 Å². The number of aliphatic imine (C=N–C) groups is 1. The third-order valence-electron chi connectivity index (χ3n) is 4.88. The number of halogens is 2. The highest BCUT2D eigenvalue weighted by Gasteiger charge is 2.34. The summed E-state index contributed by atoms with van der Waals surface area (Å²) in [6.07, 6.45) is 5.01. The topological polar surface area (TPSA) is 39.7 Å². The molecule has 0 bridgehead atoms. The fourth-order valence-electron chi connectivity index (χ4n) is 3.36. The largest absolute Gasteiger partial charge is 0.357 e. The number of rotatable bonds is 7. The molecule has 6 heteroatoms. The Balaban J connectivity index is 0.00000225. The fraction of sp³-hybridized carbons (Fsp3) is 0.632. The Hall–Kier alpha value is -0.530. The molecule has 140 valence electrons. The van der Waals surface area contributed by atoms with E-state index in [1.165, 1.54) is 37.9 Å². The molecular formula is C19H30ClIN4. The second-order valence-corrected chi connectivity index (χ2v) is 7.28. The Kier molecular flexibility index (Phi) is 8.79. The van der Waals surface area contributed by atoms with Crippen molar-refractivity contribution < 1.29 is 0 Å². The van der Waals surface area contributed by atoms with E-state index in [2.05, 4.69) is 28.5 Å². The zero-order valence-electron chi connectivity index (χ0n) is 15.0. The molecule has 2 N–H and O–H groups in total. The maximum absolute atomic E-state index is 6.21. The van der Waals surface area contributed by atoms with Gasteiger partial charge in [-0.15, -0.1) is 24.0 Å². The molecule has 1 aromatic rings. The summed E-state index contributed by atoms with van der Waals surface area (Å²) < 4.78 is 0. The van der Waals surface area contributed by atoms with Crippen molar-refractivity contribution in [1.29, 1.82) is 0 Å². The molecule has 2 aliphatic rings. The fourth-order valence-corrected chi connectivity index (χ4v) is 3.59. The number of nitrogens with one attached hydrogen (secondary N) is 2. The summed E-state index contributed by atoms with van der Waals surface area (Å²) in [4.78, 5) is 7.45. The molecule has 1 saturated heterocycles. The zero-order chi connectivity index (χ0) is 16.8. The molecule has 1 aromatic carbocycles. The van der Waals surface area contributed by atoms with Crippen LogP contribution in [0.25, 0.3) is 0 Å². The summed E-state index contributed by atoms with van der Waals surface area (Å²) >= 11 is 6.21. The van der Waals surface area contributed by atoms with Gasteiger partial charge in [-0.25, -0.2) is 0 Å². The van der Waals surface area contributed by atoms with Crippen molar-refractivity contribution in [3.8, 4) is 0 Å². The first-order valence-corrected chi connectivity index (χ1v) is 9.63. The van der Waals surface area contributed by atoms with Gasteiger partial charge < -0.3 is 15.5 Å². The SMILES string of the molecule is CCNC(=NCC1CCN(C2CC2)C1)NCCc1ccccc1Cl.I. The van der Waals surface area contributed by atoms with Gasteiger partial charge in [-0.1, -0.05) is 29.8 Å². The Bertz CT molecular complexity index is 562. The van der Waals surface area contributed by atoms with Gasteiger partial charge in [-0.05, 0) is 56.7 Å². The van der Waals surface area contributed by atoms with Crippen molar-refractivity contribution in [2.75, 3.05) is 32.7 Å². The van der Waals surface area contributed by atoms with Crippen LogP contribution in [0.15, 0.2) is 29.3 Å². The minimum Gasteiger partial charge on any atom is -0.357 e. The van der Waals surface area contributed by atoms with Crippen LogP contribution in [0.1, 0.15) is 31.7 Å². The number of hydrogen-bond donors (Lipinski definition) is 2. The monoisotopic (exact) mass is 476 g/mol. The molecule has 1 aliphatic carbocycles. The third kappa shape index (κ3) is 6.61. The van der Waals surface area contributed by atoms with Crippen molar-refractivity contribution in [1.82, 2.24) is 15.5 Å². The lowest BCUT2D eigenvalue weighted by Gasteiger charge is -2.15. The van der Waals surface area contributed by atoms with Crippen LogP contribution in [0.4, 0.5) is 0 Å². The van der Waals surface area contributed by atoms with Crippen molar-refractivity contribution in [3.05, 3.63) is 34.9 Å². The first-order chi connectivity index (χ1) is 11.8. The quantitative estimate of drug-likeness (QED) is 0.359. The van der Waals surface area contributed by atoms with E-state index in [9.17, 15) is 0 Å². The summed E-state index contributed by atoms with van der Waals surface area (Å²) in [5, 5.41) is 7.62. The van der Waals surface area contributed by atoms with Crippen molar-refractivity contribution in [2.45, 2.75) is 38.6 Å². The van der Waals surface area contributed by atoms with E-state index >= 15 is 0 Å². The van der Waals surface area contributed by atoms with Crippen molar-refractivity contribution in [3.63, 3.8) is 0 Å². The highest BCUT2D eigenvalue weighted by Crippen LogP contribution is 2.31. The molecule has 0 radical (unpaired) electrons. The summed E-state index contributed by atoms with van der Waals surface area (Å²) in [7, 11) is 0. The third-order valence-corrected chi connectivity index (χ3v) is 5.25. The predicted molar refractivity (Wildman–Crippen MR) is 117 cm³/mol. The van der Waals surface area contributed by atoms with Gasteiger partial charge in [0, 0.05) is 37.2 Å². The predicted octanol–water partition coefficient (Wildman–Crippen LogP) is 3.54. The molecule has 1 atom stereocenters. The number of guanidine groups is 1. The minimum absolute atomic E-state index is 0. The number of benzene rings is 1. The second kappa shape index (κ2) is 10.6. The lowest BCUT2D eigenvalue weighted by atomic mass is 10.1. The average molecular weight is 477 g/mol. The molecule has 1 heterocycles. The first kappa shape index (κ1) is 20.8. The second-order valence-electron chi connectivity index (χ2n) is 6.87. The molecule has 2 fully saturated rings. The van der Waals surface area contributed by atoms with E-state index in [-0.39, 0.29) is 24.0 Å². The van der Waals surface area contributed by atoms with Crippen LogP contribution in [0.2, 0.25) is 5.02 Å². The molecule has 4 nitrogen and oxygen atoms in total. The lowest BCUT2D eigenvalue weighted by molar-refractivity contribution is 0.315. The molecule has 0 amide bonds. The molecule has 1 saturated carbocycles. The average Bonchev–Trinajstić information content (AvgIpc) is 3.33. The van der Waals surface area contributed by atoms with Gasteiger partial charge in [0.05, 0.1) is 0 Å². The Labute approximate surface area is 173 Å². The van der Waals surface area contributed by atoms with E-state index < -0.39 is 0 Å². The van der Waals surface area contributed by atoms with E-state index in [4.69, 9.17) is 16.6 Å². The number of nitrogens with zero attached hydrogens (tertiary/aromatic N) is 2. The standard InChI is InChI=1S/C19H29ClN4.HI/c1-2-21-19(22-11-9-16-5-3-4-6-18(16)20)23-13-15-10-12-24(14-15)17-7-8-17;/h3-6,15,17H,2,7-14H2,1H3,(H2,21,22,23);1H. The van der Waals surface area contributed by atoms with Crippen molar-refractivity contribution in [2.24, 2.45) is 10.9 Å². The molecule has 1 aliphatic heterocycles. The van der Waals surface area contributed by atoms with Gasteiger partial charge >= 0.3 is 0 Å². The van der Waals surface area contributed by atoms with E-state index in [1.54, 1.807) is 0 Å². The first-order valence-electron chi connectivity index (χ1n) is 9.26. The van der Waals surface area contributed by atoms with Crippen LogP contribution in [0.3, 0.4) is 0 Å². The summed E-state index contributed by atoms with van der Waals surface area (Å²) in [5.74, 6) is 1.64. The number of likely N-dealkylation sites (tertiary alicyclic amines) is 1. The molecular weight excluding hydrogens is 447 g/mol. The maximum atomic E-state index is 6.21. The van der Waals surface area contributed by atoms with E-state index in [0.717, 1.165) is 43.1 Å². The highest BCUT2D eigenvalue weighted by molar-refractivity contribution is 14.0. The zero-order valence-corrected chi connectivity index (χ0v) is 18.1. The van der Waals surface area contributed by atoms with Gasteiger partial charge in [0.25, 0.3) is 0 Å². The number of hydrogen-bond acceptors (Lipinski definition) is 2. The summed E-state index contributed by atoms with van der Waals surface area (Å²) in [5.41, 5.74) is 1.18.